The topological polar surface area (TPSA) is 102 Å². The van der Waals surface area contributed by atoms with Crippen molar-refractivity contribution in [3.63, 3.8) is 0 Å². The summed E-state index contributed by atoms with van der Waals surface area (Å²) in [5.74, 6) is -1.49. The van der Waals surface area contributed by atoms with E-state index in [-0.39, 0.29) is 16.8 Å². The van der Waals surface area contributed by atoms with Gasteiger partial charge in [-0.1, -0.05) is 19.1 Å². The third-order valence-electron chi connectivity index (χ3n) is 4.29. The summed E-state index contributed by atoms with van der Waals surface area (Å²) < 4.78 is 10.2. The number of rotatable bonds is 6. The van der Waals surface area contributed by atoms with Crippen molar-refractivity contribution in [1.82, 2.24) is 5.32 Å². The Bertz CT molecular complexity index is 1030. The van der Waals surface area contributed by atoms with Crippen molar-refractivity contribution >= 4 is 35.6 Å². The van der Waals surface area contributed by atoms with E-state index in [0.717, 1.165) is 11.3 Å². The van der Waals surface area contributed by atoms with Crippen LogP contribution in [0, 0.1) is 0 Å². The van der Waals surface area contributed by atoms with Gasteiger partial charge in [-0.3, -0.25) is 14.9 Å². The van der Waals surface area contributed by atoms with Crippen LogP contribution in [0.15, 0.2) is 54.1 Å². The summed E-state index contributed by atoms with van der Waals surface area (Å²) in [5.41, 5.74) is 0.863. The van der Waals surface area contributed by atoms with E-state index in [1.165, 1.54) is 37.5 Å². The summed E-state index contributed by atoms with van der Waals surface area (Å²) >= 11 is 0. The maximum absolute atomic E-state index is 12.9. The van der Waals surface area contributed by atoms with Gasteiger partial charge in [-0.05, 0) is 54.5 Å². The van der Waals surface area contributed by atoms with Gasteiger partial charge in [-0.25, -0.2) is 14.5 Å². The summed E-state index contributed by atoms with van der Waals surface area (Å²) in [5, 5.41) is 2.16. The molecular formula is C22H20N2O6. The maximum Gasteiger partial charge on any atom is 0.337 e. The highest BCUT2D eigenvalue weighted by Crippen LogP contribution is 2.23. The standard InChI is InChI=1S/C22H20N2O6/c1-3-11-30-17-6-4-5-14(12-17)13-18-19(25)23-22(28)24(20(18)26)16-9-7-15(8-10-16)21(27)29-2/h4-10,12-13H,3,11H2,1-2H3,(H,23,25,28)/b18-13-. The van der Waals surface area contributed by atoms with Crippen molar-refractivity contribution < 1.29 is 28.7 Å². The molecule has 0 bridgehead atoms. The number of carbonyl (C=O) groups excluding carboxylic acids is 4. The number of benzene rings is 2. The number of urea groups is 1. The van der Waals surface area contributed by atoms with E-state index in [1.54, 1.807) is 24.3 Å². The van der Waals surface area contributed by atoms with Crippen LogP contribution in [-0.2, 0) is 14.3 Å². The summed E-state index contributed by atoms with van der Waals surface area (Å²) in [7, 11) is 1.25. The number of methoxy groups -OCH3 is 1. The molecule has 2 aromatic rings. The summed E-state index contributed by atoms with van der Waals surface area (Å²) in [4.78, 5) is 49.9. The molecule has 0 aromatic heterocycles. The Morgan fingerprint density at radius 3 is 2.50 bits per heavy atom. The smallest absolute Gasteiger partial charge is 0.337 e. The second-order valence-electron chi connectivity index (χ2n) is 6.42. The van der Waals surface area contributed by atoms with Gasteiger partial charge in [0.05, 0.1) is 25.0 Å². The fourth-order valence-electron chi connectivity index (χ4n) is 2.84. The molecule has 30 heavy (non-hydrogen) atoms. The number of hydrogen-bond donors (Lipinski definition) is 1. The highest BCUT2D eigenvalue weighted by molar-refractivity contribution is 6.39. The van der Waals surface area contributed by atoms with Crippen LogP contribution in [0.4, 0.5) is 10.5 Å². The zero-order valence-electron chi connectivity index (χ0n) is 16.5. The van der Waals surface area contributed by atoms with E-state index in [2.05, 4.69) is 10.1 Å². The number of anilines is 1. The van der Waals surface area contributed by atoms with Crippen LogP contribution in [0.1, 0.15) is 29.3 Å². The van der Waals surface area contributed by atoms with E-state index in [4.69, 9.17) is 4.74 Å². The highest BCUT2D eigenvalue weighted by atomic mass is 16.5. The molecule has 0 saturated carbocycles. The quantitative estimate of drug-likeness (QED) is 0.448. The second kappa shape index (κ2) is 9.04. The van der Waals surface area contributed by atoms with Gasteiger partial charge >= 0.3 is 12.0 Å². The lowest BCUT2D eigenvalue weighted by Gasteiger charge is -2.26. The van der Waals surface area contributed by atoms with Gasteiger partial charge < -0.3 is 9.47 Å². The minimum Gasteiger partial charge on any atom is -0.494 e. The Balaban J connectivity index is 1.91. The van der Waals surface area contributed by atoms with Crippen LogP contribution in [0.25, 0.3) is 6.08 Å². The highest BCUT2D eigenvalue weighted by Gasteiger charge is 2.36. The largest absolute Gasteiger partial charge is 0.494 e. The molecule has 0 radical (unpaired) electrons. The number of hydrogen-bond acceptors (Lipinski definition) is 6. The van der Waals surface area contributed by atoms with Gasteiger partial charge in [0.1, 0.15) is 11.3 Å². The first-order chi connectivity index (χ1) is 14.4. The molecule has 1 aliphatic heterocycles. The SMILES string of the molecule is CCCOc1cccc(/C=C2/C(=O)NC(=O)N(c3ccc(C(=O)OC)cc3)C2=O)c1. The lowest BCUT2D eigenvalue weighted by Crippen LogP contribution is -2.54. The van der Waals surface area contributed by atoms with Crippen LogP contribution in [0.3, 0.4) is 0 Å². The predicted octanol–water partition coefficient (Wildman–Crippen LogP) is 2.93. The lowest BCUT2D eigenvalue weighted by molar-refractivity contribution is -0.122. The number of amides is 4. The van der Waals surface area contributed by atoms with Crippen LogP contribution in [0.2, 0.25) is 0 Å². The molecule has 3 rings (SSSR count). The van der Waals surface area contributed by atoms with Crippen molar-refractivity contribution in [1.29, 1.82) is 0 Å². The molecule has 0 atom stereocenters. The minimum atomic E-state index is -0.868. The molecule has 4 amide bonds. The van der Waals surface area contributed by atoms with Gasteiger partial charge in [0, 0.05) is 0 Å². The van der Waals surface area contributed by atoms with Gasteiger partial charge in [0.2, 0.25) is 0 Å². The molecule has 1 saturated heterocycles. The van der Waals surface area contributed by atoms with Crippen molar-refractivity contribution in [2.45, 2.75) is 13.3 Å². The molecule has 1 N–H and O–H groups in total. The molecule has 8 heteroatoms. The Morgan fingerprint density at radius 2 is 1.83 bits per heavy atom. The number of nitrogens with zero attached hydrogens (tertiary/aromatic N) is 1. The average molecular weight is 408 g/mol. The Morgan fingerprint density at radius 1 is 1.10 bits per heavy atom. The number of esters is 1. The van der Waals surface area contributed by atoms with E-state index >= 15 is 0 Å². The maximum atomic E-state index is 12.9. The van der Waals surface area contributed by atoms with Gasteiger partial charge in [0.15, 0.2) is 0 Å². The van der Waals surface area contributed by atoms with Gasteiger partial charge in [-0.15, -0.1) is 0 Å². The third kappa shape index (κ3) is 4.38. The number of imide groups is 2. The van der Waals surface area contributed by atoms with E-state index in [0.29, 0.717) is 17.9 Å². The van der Waals surface area contributed by atoms with E-state index in [9.17, 15) is 19.2 Å². The van der Waals surface area contributed by atoms with E-state index in [1.807, 2.05) is 6.92 Å². The predicted molar refractivity (Wildman–Crippen MR) is 109 cm³/mol. The lowest BCUT2D eigenvalue weighted by atomic mass is 10.1. The average Bonchev–Trinajstić information content (AvgIpc) is 2.75. The fourth-order valence-corrected chi connectivity index (χ4v) is 2.84. The van der Waals surface area contributed by atoms with Crippen molar-refractivity contribution in [2.75, 3.05) is 18.6 Å². The minimum absolute atomic E-state index is 0.195. The number of nitrogens with one attached hydrogen (secondary N) is 1. The van der Waals surface area contributed by atoms with Crippen LogP contribution < -0.4 is 15.0 Å². The molecule has 0 unspecified atom stereocenters. The summed E-state index contributed by atoms with van der Waals surface area (Å²) in [6.07, 6.45) is 2.25. The van der Waals surface area contributed by atoms with Crippen LogP contribution in [0.5, 0.6) is 5.75 Å². The first kappa shape index (κ1) is 20.8. The normalized spacial score (nSPS) is 15.2. The second-order valence-corrected chi connectivity index (χ2v) is 6.42. The van der Waals surface area contributed by atoms with Gasteiger partial charge in [0.25, 0.3) is 11.8 Å². The molecule has 2 aromatic carbocycles. The first-order valence-electron chi connectivity index (χ1n) is 9.27. The monoisotopic (exact) mass is 408 g/mol. The van der Waals surface area contributed by atoms with E-state index < -0.39 is 23.8 Å². The Kier molecular flexibility index (Phi) is 6.26. The Hall–Kier alpha value is -3.94. The molecule has 0 aliphatic carbocycles. The molecular weight excluding hydrogens is 388 g/mol. The van der Waals surface area contributed by atoms with Crippen LogP contribution in [-0.4, -0.2) is 37.5 Å². The third-order valence-corrected chi connectivity index (χ3v) is 4.29. The summed E-state index contributed by atoms with van der Waals surface area (Å²) in [6, 6.07) is 11.8. The Labute approximate surface area is 173 Å². The molecule has 8 nitrogen and oxygen atoms in total. The zero-order chi connectivity index (χ0) is 21.7. The van der Waals surface area contributed by atoms with Gasteiger partial charge in [-0.2, -0.15) is 0 Å². The molecule has 154 valence electrons. The number of barbiturate groups is 1. The van der Waals surface area contributed by atoms with Crippen molar-refractivity contribution in [3.8, 4) is 5.75 Å². The van der Waals surface area contributed by atoms with Crippen molar-refractivity contribution in [3.05, 3.63) is 65.2 Å². The molecule has 1 aliphatic rings. The first-order valence-corrected chi connectivity index (χ1v) is 9.27. The summed E-state index contributed by atoms with van der Waals surface area (Å²) in [6.45, 7) is 2.53. The molecule has 0 spiro atoms. The zero-order valence-corrected chi connectivity index (χ0v) is 16.5. The fraction of sp³-hybridized carbons (Fsp3) is 0.182. The number of carbonyl (C=O) groups is 4. The molecule has 1 fully saturated rings. The number of ether oxygens (including phenoxy) is 2. The van der Waals surface area contributed by atoms with Crippen LogP contribution >= 0.6 is 0 Å². The molecule has 1 heterocycles. The van der Waals surface area contributed by atoms with Crippen molar-refractivity contribution in [2.24, 2.45) is 0 Å².